The van der Waals surface area contributed by atoms with Crippen LogP contribution in [-0.4, -0.2) is 10.8 Å². The van der Waals surface area contributed by atoms with Gasteiger partial charge >= 0.3 is 0 Å². The quantitative estimate of drug-likeness (QED) is 0.575. The minimum atomic E-state index is 0.717. The Bertz CT molecular complexity index is 562. The summed E-state index contributed by atoms with van der Waals surface area (Å²) in [5, 5.41) is 9.65. The van der Waals surface area contributed by atoms with E-state index in [2.05, 4.69) is 10.2 Å². The second-order valence-electron chi connectivity index (χ2n) is 3.62. The molecule has 4 heteroatoms. The van der Waals surface area contributed by atoms with Crippen LogP contribution in [0.2, 0.25) is 5.02 Å². The van der Waals surface area contributed by atoms with Crippen molar-refractivity contribution in [3.63, 3.8) is 0 Å². The van der Waals surface area contributed by atoms with Crippen molar-refractivity contribution in [3.8, 4) is 0 Å². The molecule has 0 aliphatic heterocycles. The van der Waals surface area contributed by atoms with Crippen LogP contribution in [0.5, 0.6) is 0 Å². The predicted molar refractivity (Wildman–Crippen MR) is 70.0 cm³/mol. The number of aromatic nitrogens is 1. The van der Waals surface area contributed by atoms with Crippen molar-refractivity contribution in [1.29, 1.82) is 0 Å². The maximum absolute atomic E-state index is 5.79. The lowest BCUT2D eigenvalue weighted by atomic mass is 10.2. The highest BCUT2D eigenvalue weighted by atomic mass is 35.5. The fraction of sp³-hybridized carbons (Fsp3) is 0.0769. The van der Waals surface area contributed by atoms with E-state index in [1.54, 1.807) is 6.21 Å². The Morgan fingerprint density at radius 2 is 1.71 bits per heavy atom. The Labute approximate surface area is 105 Å². The van der Waals surface area contributed by atoms with Crippen molar-refractivity contribution in [1.82, 2.24) is 4.57 Å². The lowest BCUT2D eigenvalue weighted by Gasteiger charge is -1.93. The van der Waals surface area contributed by atoms with Crippen molar-refractivity contribution in [2.75, 3.05) is 0 Å². The van der Waals surface area contributed by atoms with Crippen molar-refractivity contribution in [2.24, 2.45) is 17.3 Å². The Hall–Kier alpha value is -1.87. The molecule has 3 nitrogen and oxygen atoms in total. The summed E-state index contributed by atoms with van der Waals surface area (Å²) in [5.74, 6) is 0. The number of hydrogen-bond donors (Lipinski definition) is 0. The molecule has 86 valence electrons. The number of halogens is 1. The molecule has 0 saturated heterocycles. The molecule has 0 N–H and O–H groups in total. The summed E-state index contributed by atoms with van der Waals surface area (Å²) < 4.78 is 1.95. The van der Waals surface area contributed by atoms with Gasteiger partial charge in [0.05, 0.1) is 11.6 Å². The molecule has 0 unspecified atom stereocenters. The Kier molecular flexibility index (Phi) is 3.73. The van der Waals surface area contributed by atoms with Crippen molar-refractivity contribution >= 4 is 17.8 Å². The molecule has 1 heterocycles. The molecule has 0 spiro atoms. The smallest absolute Gasteiger partial charge is 0.0885 e. The topological polar surface area (TPSA) is 29.6 Å². The van der Waals surface area contributed by atoms with E-state index in [4.69, 9.17) is 11.6 Å². The van der Waals surface area contributed by atoms with Crippen molar-refractivity contribution < 1.29 is 0 Å². The van der Waals surface area contributed by atoms with Gasteiger partial charge in [0.2, 0.25) is 0 Å². The fourth-order valence-corrected chi connectivity index (χ4v) is 1.40. The van der Waals surface area contributed by atoms with E-state index in [0.717, 1.165) is 15.9 Å². The molecular formula is C13H12ClN3. The number of rotatable bonds is 2. The van der Waals surface area contributed by atoms with Gasteiger partial charge in [-0.2, -0.15) is 10.2 Å². The summed E-state index contributed by atoms with van der Waals surface area (Å²) >= 11 is 5.79. The van der Waals surface area contributed by atoms with E-state index in [1.165, 1.54) is 0 Å². The standard InChI is InChI=1S/C13H12ClN3/c1-17-8-6-13(7-9-17)16-15-10-11-2-4-12(14)5-3-11/h2-10H,1H3/b15-10+. The molecule has 0 bridgehead atoms. The summed E-state index contributed by atoms with van der Waals surface area (Å²) in [7, 11) is 1.96. The van der Waals surface area contributed by atoms with Crippen LogP contribution < -0.4 is 5.36 Å². The van der Waals surface area contributed by atoms with Gasteiger partial charge in [0, 0.05) is 24.5 Å². The monoisotopic (exact) mass is 245 g/mol. The van der Waals surface area contributed by atoms with Crippen LogP contribution in [-0.2, 0) is 7.05 Å². The number of aryl methyl sites for hydroxylation is 1. The number of pyridine rings is 1. The molecule has 2 aromatic rings. The van der Waals surface area contributed by atoms with Gasteiger partial charge in [0.15, 0.2) is 0 Å². The molecule has 0 fully saturated rings. The van der Waals surface area contributed by atoms with E-state index in [0.29, 0.717) is 0 Å². The average molecular weight is 246 g/mol. The molecule has 0 aliphatic rings. The highest BCUT2D eigenvalue weighted by Gasteiger charge is 1.87. The predicted octanol–water partition coefficient (Wildman–Crippen LogP) is 2.61. The van der Waals surface area contributed by atoms with Crippen LogP contribution in [0.15, 0.2) is 59.0 Å². The third kappa shape index (κ3) is 3.57. The SMILES string of the molecule is Cn1ccc(=N/N=C/c2ccc(Cl)cc2)cc1. The van der Waals surface area contributed by atoms with Crippen LogP contribution in [0.4, 0.5) is 0 Å². The lowest BCUT2D eigenvalue weighted by molar-refractivity contribution is 0.894. The minimum absolute atomic E-state index is 0.717. The molecule has 0 amide bonds. The molecular weight excluding hydrogens is 234 g/mol. The van der Waals surface area contributed by atoms with E-state index < -0.39 is 0 Å². The zero-order chi connectivity index (χ0) is 12.1. The molecule has 2 rings (SSSR count). The first-order valence-electron chi connectivity index (χ1n) is 5.19. The number of hydrogen-bond acceptors (Lipinski definition) is 2. The Morgan fingerprint density at radius 1 is 1.06 bits per heavy atom. The maximum Gasteiger partial charge on any atom is 0.0885 e. The zero-order valence-electron chi connectivity index (χ0n) is 9.42. The van der Waals surface area contributed by atoms with Crippen LogP contribution >= 0.6 is 11.6 Å². The molecule has 0 saturated carbocycles. The molecule has 0 aliphatic carbocycles. The van der Waals surface area contributed by atoms with E-state index >= 15 is 0 Å². The van der Waals surface area contributed by atoms with E-state index in [-0.39, 0.29) is 0 Å². The van der Waals surface area contributed by atoms with Gasteiger partial charge in [-0.15, -0.1) is 0 Å². The van der Waals surface area contributed by atoms with Gasteiger partial charge in [-0.3, -0.25) is 0 Å². The van der Waals surface area contributed by atoms with Gasteiger partial charge in [-0.25, -0.2) is 0 Å². The first-order chi connectivity index (χ1) is 8.24. The summed E-state index contributed by atoms with van der Waals surface area (Å²) in [4.78, 5) is 0. The third-order valence-corrected chi connectivity index (χ3v) is 2.46. The molecule has 1 aromatic heterocycles. The first-order valence-corrected chi connectivity index (χ1v) is 5.57. The van der Waals surface area contributed by atoms with E-state index in [9.17, 15) is 0 Å². The maximum atomic E-state index is 5.79. The molecule has 0 atom stereocenters. The van der Waals surface area contributed by atoms with Crippen LogP contribution in [0, 0.1) is 0 Å². The van der Waals surface area contributed by atoms with Crippen molar-refractivity contribution in [2.45, 2.75) is 0 Å². The highest BCUT2D eigenvalue weighted by Crippen LogP contribution is 2.07. The fourth-order valence-electron chi connectivity index (χ4n) is 1.27. The average Bonchev–Trinajstić information content (AvgIpc) is 2.34. The van der Waals surface area contributed by atoms with Crippen molar-refractivity contribution in [3.05, 3.63) is 64.7 Å². The highest BCUT2D eigenvalue weighted by molar-refractivity contribution is 6.30. The van der Waals surface area contributed by atoms with Gasteiger partial charge in [-0.05, 0) is 29.8 Å². The van der Waals surface area contributed by atoms with Gasteiger partial charge in [0.25, 0.3) is 0 Å². The second-order valence-corrected chi connectivity index (χ2v) is 4.05. The Balaban J connectivity index is 2.14. The molecule has 17 heavy (non-hydrogen) atoms. The van der Waals surface area contributed by atoms with Gasteiger partial charge in [-0.1, -0.05) is 23.7 Å². The minimum Gasteiger partial charge on any atom is -0.357 e. The number of nitrogens with zero attached hydrogens (tertiary/aromatic N) is 3. The van der Waals surface area contributed by atoms with Gasteiger partial charge in [0.1, 0.15) is 0 Å². The normalized spacial score (nSPS) is 10.7. The Morgan fingerprint density at radius 3 is 2.35 bits per heavy atom. The number of benzene rings is 1. The molecule has 1 aromatic carbocycles. The van der Waals surface area contributed by atoms with Gasteiger partial charge < -0.3 is 4.57 Å². The summed E-state index contributed by atoms with van der Waals surface area (Å²) in [6.07, 6.45) is 5.55. The van der Waals surface area contributed by atoms with Crippen LogP contribution in [0.25, 0.3) is 0 Å². The van der Waals surface area contributed by atoms with Crippen LogP contribution in [0.1, 0.15) is 5.56 Å². The van der Waals surface area contributed by atoms with Crippen LogP contribution in [0.3, 0.4) is 0 Å². The summed E-state index contributed by atoms with van der Waals surface area (Å²) in [6, 6.07) is 11.2. The van der Waals surface area contributed by atoms with E-state index in [1.807, 2.05) is 60.4 Å². The summed E-state index contributed by atoms with van der Waals surface area (Å²) in [6.45, 7) is 0. The third-order valence-electron chi connectivity index (χ3n) is 2.21. The largest absolute Gasteiger partial charge is 0.357 e. The molecule has 0 radical (unpaired) electrons. The second kappa shape index (κ2) is 5.46. The summed E-state index contributed by atoms with van der Waals surface area (Å²) in [5.41, 5.74) is 0.972. The lowest BCUT2D eigenvalue weighted by Crippen LogP contribution is -2.01. The zero-order valence-corrected chi connectivity index (χ0v) is 10.2. The first kappa shape index (κ1) is 11.6.